The van der Waals surface area contributed by atoms with Crippen LogP contribution in [0.15, 0.2) is 28.7 Å². The van der Waals surface area contributed by atoms with Gasteiger partial charge in [-0.1, -0.05) is 28.1 Å². The Balaban J connectivity index is 2.25. The van der Waals surface area contributed by atoms with Crippen LogP contribution in [0, 0.1) is 0 Å². The van der Waals surface area contributed by atoms with Crippen molar-refractivity contribution in [3.8, 4) is 0 Å². The second-order valence-corrected chi connectivity index (χ2v) is 4.04. The number of benzene rings is 1. The predicted octanol–water partition coefficient (Wildman–Crippen LogP) is 3.76. The summed E-state index contributed by atoms with van der Waals surface area (Å²) in [6, 6.07) is 8.05. The number of carbonyl (C=O) groups excluding carboxylic acids is 1. The summed E-state index contributed by atoms with van der Waals surface area (Å²) in [5.41, 5.74) is 0.486. The fourth-order valence-electron chi connectivity index (χ4n) is 1.08. The fraction of sp³-hybridized carbons (Fsp3) is 0.300. The molecule has 0 saturated heterocycles. The molecule has 0 atom stereocenters. The van der Waals surface area contributed by atoms with Gasteiger partial charge < -0.3 is 4.74 Å². The van der Waals surface area contributed by atoms with Crippen LogP contribution in [-0.2, 0) is 11.2 Å². The van der Waals surface area contributed by atoms with Gasteiger partial charge in [0.1, 0.15) is 0 Å². The monoisotopic (exact) mass is 276 g/mol. The van der Waals surface area contributed by atoms with E-state index in [1.807, 2.05) is 24.3 Å². The van der Waals surface area contributed by atoms with Crippen LogP contribution in [0.5, 0.6) is 0 Å². The summed E-state index contributed by atoms with van der Waals surface area (Å²) >= 11 is 8.37. The molecular weight excluding hydrogens is 267 g/mol. The van der Waals surface area contributed by atoms with Crippen LogP contribution in [0.25, 0.3) is 0 Å². The molecular formula is C10H10BrClO2. The van der Waals surface area contributed by atoms with Gasteiger partial charge in [-0.05, 0) is 30.5 Å². The second-order valence-electron chi connectivity index (χ2n) is 2.82. The molecule has 0 radical (unpaired) electrons. The number of rotatable bonds is 4. The summed E-state index contributed by atoms with van der Waals surface area (Å²) < 4.78 is 5.67. The van der Waals surface area contributed by atoms with Crippen molar-refractivity contribution in [1.29, 1.82) is 0 Å². The lowest BCUT2D eigenvalue weighted by atomic mass is 10.1. The third-order valence-electron chi connectivity index (χ3n) is 1.74. The van der Waals surface area contributed by atoms with Gasteiger partial charge in [0, 0.05) is 16.1 Å². The molecule has 0 aliphatic rings. The Labute approximate surface area is 96.3 Å². The fourth-order valence-corrected chi connectivity index (χ4v) is 1.42. The van der Waals surface area contributed by atoms with Crippen LogP contribution < -0.4 is 0 Å². The Morgan fingerprint density at radius 3 is 2.57 bits per heavy atom. The van der Waals surface area contributed by atoms with E-state index in [2.05, 4.69) is 20.7 Å². The minimum atomic E-state index is -0.735. The molecule has 0 aliphatic heterocycles. The first-order valence-electron chi connectivity index (χ1n) is 4.25. The van der Waals surface area contributed by atoms with E-state index >= 15 is 0 Å². The van der Waals surface area contributed by atoms with Gasteiger partial charge in [-0.15, -0.1) is 0 Å². The highest BCUT2D eigenvalue weighted by Gasteiger charge is 1.96. The molecule has 2 nitrogen and oxygen atoms in total. The van der Waals surface area contributed by atoms with Crippen LogP contribution in [0.3, 0.4) is 0 Å². The average Bonchev–Trinajstić information content (AvgIpc) is 2.15. The Hall–Kier alpha value is -0.540. The van der Waals surface area contributed by atoms with Crippen molar-refractivity contribution in [2.45, 2.75) is 12.8 Å². The van der Waals surface area contributed by atoms with E-state index in [-0.39, 0.29) is 0 Å². The van der Waals surface area contributed by atoms with Gasteiger partial charge in [0.05, 0.1) is 6.61 Å². The smallest absolute Gasteiger partial charge is 0.403 e. The highest BCUT2D eigenvalue weighted by atomic mass is 79.9. The van der Waals surface area contributed by atoms with E-state index in [0.29, 0.717) is 6.61 Å². The largest absolute Gasteiger partial charge is 0.454 e. The molecule has 0 heterocycles. The van der Waals surface area contributed by atoms with E-state index in [1.54, 1.807) is 0 Å². The Kier molecular flexibility index (Phi) is 4.98. The summed E-state index contributed by atoms with van der Waals surface area (Å²) in [4.78, 5) is 10.2. The van der Waals surface area contributed by atoms with E-state index in [1.165, 1.54) is 5.56 Å². The van der Waals surface area contributed by atoms with E-state index in [4.69, 9.17) is 11.6 Å². The third kappa shape index (κ3) is 4.63. The summed E-state index contributed by atoms with van der Waals surface area (Å²) in [5.74, 6) is 0. The lowest BCUT2D eigenvalue weighted by Gasteiger charge is -2.01. The standard InChI is InChI=1S/C10H10BrClO2/c11-9-5-3-8(4-6-9)2-1-7-14-10(12)13/h3-6H,1-2,7H2. The summed E-state index contributed by atoms with van der Waals surface area (Å²) in [6.07, 6.45) is 1.68. The minimum absolute atomic E-state index is 0.373. The molecule has 76 valence electrons. The molecule has 0 aliphatic carbocycles. The zero-order valence-corrected chi connectivity index (χ0v) is 9.85. The van der Waals surface area contributed by atoms with E-state index in [0.717, 1.165) is 17.3 Å². The average molecular weight is 278 g/mol. The number of hydrogen-bond acceptors (Lipinski definition) is 2. The maximum absolute atomic E-state index is 10.2. The van der Waals surface area contributed by atoms with Crippen LogP contribution >= 0.6 is 27.5 Å². The molecule has 1 rings (SSSR count). The van der Waals surface area contributed by atoms with Crippen molar-refractivity contribution in [1.82, 2.24) is 0 Å². The van der Waals surface area contributed by atoms with Crippen molar-refractivity contribution >= 4 is 33.0 Å². The molecule has 0 spiro atoms. The first kappa shape index (κ1) is 11.5. The molecule has 0 amide bonds. The molecule has 0 aromatic heterocycles. The topological polar surface area (TPSA) is 26.3 Å². The third-order valence-corrected chi connectivity index (χ3v) is 2.38. The number of aryl methyl sites for hydroxylation is 1. The summed E-state index contributed by atoms with van der Waals surface area (Å²) in [5, 5.41) is 0. The maximum atomic E-state index is 10.2. The van der Waals surface area contributed by atoms with Gasteiger partial charge in [0.2, 0.25) is 0 Å². The number of carbonyl (C=O) groups is 1. The quantitative estimate of drug-likeness (QED) is 0.619. The lowest BCUT2D eigenvalue weighted by molar-refractivity contribution is 0.172. The number of ether oxygens (including phenoxy) is 1. The van der Waals surface area contributed by atoms with Crippen LogP contribution in [0.4, 0.5) is 4.79 Å². The molecule has 0 bridgehead atoms. The van der Waals surface area contributed by atoms with Gasteiger partial charge in [0.15, 0.2) is 0 Å². The Morgan fingerprint density at radius 2 is 2.00 bits per heavy atom. The molecule has 4 heteroatoms. The second kappa shape index (κ2) is 6.04. The normalized spacial score (nSPS) is 9.86. The molecule has 14 heavy (non-hydrogen) atoms. The maximum Gasteiger partial charge on any atom is 0.403 e. The number of hydrogen-bond donors (Lipinski definition) is 0. The first-order valence-corrected chi connectivity index (χ1v) is 5.42. The number of halogens is 2. The SMILES string of the molecule is O=C(Cl)OCCCc1ccc(Br)cc1. The van der Waals surface area contributed by atoms with Crippen molar-refractivity contribution < 1.29 is 9.53 Å². The van der Waals surface area contributed by atoms with Crippen molar-refractivity contribution in [2.75, 3.05) is 6.61 Å². The lowest BCUT2D eigenvalue weighted by Crippen LogP contribution is -1.98. The van der Waals surface area contributed by atoms with Gasteiger partial charge in [-0.25, -0.2) is 4.79 Å². The highest BCUT2D eigenvalue weighted by molar-refractivity contribution is 9.10. The molecule has 0 fully saturated rings. The highest BCUT2D eigenvalue weighted by Crippen LogP contribution is 2.11. The summed E-state index contributed by atoms with van der Waals surface area (Å²) in [7, 11) is 0. The summed E-state index contributed by atoms with van der Waals surface area (Å²) in [6.45, 7) is 0.373. The predicted molar refractivity (Wildman–Crippen MR) is 59.7 cm³/mol. The van der Waals surface area contributed by atoms with Crippen LogP contribution in [0.2, 0.25) is 0 Å². The zero-order chi connectivity index (χ0) is 10.4. The molecule has 1 aromatic rings. The van der Waals surface area contributed by atoms with E-state index < -0.39 is 5.43 Å². The van der Waals surface area contributed by atoms with Gasteiger partial charge in [-0.2, -0.15) is 0 Å². The van der Waals surface area contributed by atoms with Gasteiger partial charge in [-0.3, -0.25) is 0 Å². The van der Waals surface area contributed by atoms with E-state index in [9.17, 15) is 4.79 Å². The minimum Gasteiger partial charge on any atom is -0.454 e. The van der Waals surface area contributed by atoms with Crippen LogP contribution in [0.1, 0.15) is 12.0 Å². The molecule has 0 N–H and O–H groups in total. The van der Waals surface area contributed by atoms with Gasteiger partial charge >= 0.3 is 5.43 Å². The molecule has 0 saturated carbocycles. The Morgan fingerprint density at radius 1 is 1.36 bits per heavy atom. The Bertz CT molecular complexity index is 297. The molecule has 0 unspecified atom stereocenters. The van der Waals surface area contributed by atoms with Crippen molar-refractivity contribution in [2.24, 2.45) is 0 Å². The zero-order valence-electron chi connectivity index (χ0n) is 7.50. The van der Waals surface area contributed by atoms with Crippen LogP contribution in [-0.4, -0.2) is 12.0 Å². The first-order chi connectivity index (χ1) is 6.68. The van der Waals surface area contributed by atoms with Crippen molar-refractivity contribution in [3.63, 3.8) is 0 Å². The molecule has 1 aromatic carbocycles. The van der Waals surface area contributed by atoms with Gasteiger partial charge in [0.25, 0.3) is 0 Å². The van der Waals surface area contributed by atoms with Crippen molar-refractivity contribution in [3.05, 3.63) is 34.3 Å².